The molecule has 2 aliphatic rings. The van der Waals surface area contributed by atoms with E-state index >= 15 is 0 Å². The molecule has 0 spiro atoms. The van der Waals surface area contributed by atoms with Crippen molar-refractivity contribution in [3.8, 4) is 0 Å². The molecular formula is C28H45N5O3. The highest BCUT2D eigenvalue weighted by Crippen LogP contribution is 2.25. The standard InChI is InChI=1S/C28H45N5O3/c1-4-24(34)31-26(28(36)33-17-15-32(3)16-18-33)20(2)22-13-11-21(12-14-22)19-30-27(35)25(29)23-9-7-5-6-8-10-23/h11-14,20,23,25-26H,4-10,15-19,29H2,1-3H3,(H,30,35)(H,31,34)/t20-,25?,26+/m0/s1. The van der Waals surface area contributed by atoms with Gasteiger partial charge in [0.2, 0.25) is 17.7 Å². The van der Waals surface area contributed by atoms with E-state index < -0.39 is 12.1 Å². The molecule has 1 heterocycles. The van der Waals surface area contributed by atoms with Gasteiger partial charge in [-0.3, -0.25) is 14.4 Å². The molecule has 1 aromatic carbocycles. The monoisotopic (exact) mass is 499 g/mol. The predicted molar refractivity (Wildman–Crippen MR) is 142 cm³/mol. The van der Waals surface area contributed by atoms with Gasteiger partial charge in [-0.2, -0.15) is 0 Å². The zero-order valence-corrected chi connectivity index (χ0v) is 22.3. The summed E-state index contributed by atoms with van der Waals surface area (Å²) in [7, 11) is 2.05. The summed E-state index contributed by atoms with van der Waals surface area (Å²) in [6, 6.07) is 6.86. The third-order valence-electron chi connectivity index (χ3n) is 7.90. The van der Waals surface area contributed by atoms with Crippen LogP contribution >= 0.6 is 0 Å². The van der Waals surface area contributed by atoms with Crippen molar-refractivity contribution in [1.29, 1.82) is 0 Å². The third kappa shape index (κ3) is 7.77. The summed E-state index contributed by atoms with van der Waals surface area (Å²) in [4.78, 5) is 42.3. The lowest BCUT2D eigenvalue weighted by Gasteiger charge is -2.36. The van der Waals surface area contributed by atoms with Crippen molar-refractivity contribution >= 4 is 17.7 Å². The average Bonchev–Trinajstić information content (AvgIpc) is 3.19. The van der Waals surface area contributed by atoms with Gasteiger partial charge in [0.15, 0.2) is 0 Å². The van der Waals surface area contributed by atoms with Crippen molar-refractivity contribution in [1.82, 2.24) is 20.4 Å². The Bertz CT molecular complexity index is 858. The number of nitrogens with two attached hydrogens (primary N) is 1. The first kappa shape index (κ1) is 28.1. The van der Waals surface area contributed by atoms with Gasteiger partial charge in [-0.1, -0.05) is 63.8 Å². The maximum atomic E-state index is 13.4. The van der Waals surface area contributed by atoms with Crippen LogP contribution in [0.15, 0.2) is 24.3 Å². The second-order valence-electron chi connectivity index (χ2n) is 10.6. The lowest BCUT2D eigenvalue weighted by molar-refractivity contribution is -0.138. The summed E-state index contributed by atoms with van der Waals surface area (Å²) in [6.45, 7) is 7.20. The lowest BCUT2D eigenvalue weighted by atomic mass is 9.91. The molecule has 8 heteroatoms. The topological polar surface area (TPSA) is 108 Å². The number of carbonyl (C=O) groups excluding carboxylic acids is 3. The van der Waals surface area contributed by atoms with Gasteiger partial charge in [-0.15, -0.1) is 0 Å². The number of hydrogen-bond acceptors (Lipinski definition) is 5. The van der Waals surface area contributed by atoms with Crippen molar-refractivity contribution in [2.75, 3.05) is 33.2 Å². The predicted octanol–water partition coefficient (Wildman–Crippen LogP) is 2.37. The van der Waals surface area contributed by atoms with Crippen molar-refractivity contribution < 1.29 is 14.4 Å². The largest absolute Gasteiger partial charge is 0.351 e. The fourth-order valence-electron chi connectivity index (χ4n) is 5.22. The molecule has 2 fully saturated rings. The second kappa shape index (κ2) is 13.7. The second-order valence-corrected chi connectivity index (χ2v) is 10.6. The number of amides is 3. The summed E-state index contributed by atoms with van der Waals surface area (Å²) >= 11 is 0. The maximum absolute atomic E-state index is 13.4. The molecule has 3 atom stereocenters. The molecule has 0 aromatic heterocycles. The Labute approximate surface area is 216 Å². The number of piperazine rings is 1. The summed E-state index contributed by atoms with van der Waals surface area (Å²) in [5.41, 5.74) is 8.24. The first-order valence-electron chi connectivity index (χ1n) is 13.7. The van der Waals surface area contributed by atoms with Gasteiger partial charge in [0.05, 0.1) is 6.04 Å². The smallest absolute Gasteiger partial charge is 0.245 e. The lowest BCUT2D eigenvalue weighted by Crippen LogP contribution is -2.55. The molecule has 4 N–H and O–H groups in total. The number of rotatable bonds is 9. The van der Waals surface area contributed by atoms with E-state index in [4.69, 9.17) is 5.73 Å². The highest BCUT2D eigenvalue weighted by molar-refractivity contribution is 5.88. The number of hydrogen-bond donors (Lipinski definition) is 3. The molecule has 3 amide bonds. The van der Waals surface area contributed by atoms with Crippen molar-refractivity contribution in [2.45, 2.75) is 83.3 Å². The Morgan fingerprint density at radius 3 is 2.19 bits per heavy atom. The molecular weight excluding hydrogens is 454 g/mol. The molecule has 8 nitrogen and oxygen atoms in total. The highest BCUT2D eigenvalue weighted by Gasteiger charge is 2.32. The van der Waals surface area contributed by atoms with Gasteiger partial charge in [-0.05, 0) is 36.9 Å². The minimum atomic E-state index is -0.607. The van der Waals surface area contributed by atoms with E-state index in [1.165, 1.54) is 12.8 Å². The van der Waals surface area contributed by atoms with Gasteiger partial charge in [0, 0.05) is 45.1 Å². The SMILES string of the molecule is CCC(=O)N[C@@H](C(=O)N1CCN(C)CC1)[C@@H](C)c1ccc(CNC(=O)C(N)C2CCCCCC2)cc1. The molecule has 1 aliphatic carbocycles. The molecule has 1 aromatic rings. The van der Waals surface area contributed by atoms with Gasteiger partial charge < -0.3 is 26.2 Å². The molecule has 3 rings (SSSR count). The molecule has 0 bridgehead atoms. The van der Waals surface area contributed by atoms with Crippen LogP contribution in [-0.4, -0.2) is 72.8 Å². The molecule has 0 radical (unpaired) electrons. The highest BCUT2D eigenvalue weighted by atomic mass is 16.2. The van der Waals surface area contributed by atoms with Gasteiger partial charge in [0.1, 0.15) is 6.04 Å². The fraction of sp³-hybridized carbons (Fsp3) is 0.679. The normalized spacial score (nSPS) is 20.2. The van der Waals surface area contributed by atoms with Crippen LogP contribution in [0, 0.1) is 5.92 Å². The third-order valence-corrected chi connectivity index (χ3v) is 7.90. The van der Waals surface area contributed by atoms with Crippen molar-refractivity contribution in [2.24, 2.45) is 11.7 Å². The van der Waals surface area contributed by atoms with Crippen molar-refractivity contribution in [3.63, 3.8) is 0 Å². The Morgan fingerprint density at radius 2 is 1.61 bits per heavy atom. The zero-order chi connectivity index (χ0) is 26.1. The Morgan fingerprint density at radius 1 is 1.00 bits per heavy atom. The minimum Gasteiger partial charge on any atom is -0.351 e. The average molecular weight is 500 g/mol. The van der Waals surface area contributed by atoms with Crippen LogP contribution in [0.25, 0.3) is 0 Å². The van der Waals surface area contributed by atoms with Crippen LogP contribution in [0.5, 0.6) is 0 Å². The minimum absolute atomic E-state index is 0.0266. The number of carbonyl (C=O) groups is 3. The number of nitrogens with zero attached hydrogens (tertiary/aromatic N) is 2. The van der Waals surface area contributed by atoms with Crippen LogP contribution in [0.1, 0.15) is 75.8 Å². The van der Waals surface area contributed by atoms with E-state index in [9.17, 15) is 14.4 Å². The number of benzene rings is 1. The summed E-state index contributed by atoms with van der Waals surface area (Å²) in [6.07, 6.45) is 7.18. The van der Waals surface area contributed by atoms with E-state index in [0.717, 1.165) is 49.9 Å². The fourth-order valence-corrected chi connectivity index (χ4v) is 5.22. The van der Waals surface area contributed by atoms with Gasteiger partial charge in [0.25, 0.3) is 0 Å². The van der Waals surface area contributed by atoms with Crippen molar-refractivity contribution in [3.05, 3.63) is 35.4 Å². The Kier molecular flexibility index (Phi) is 10.7. The van der Waals surface area contributed by atoms with Crippen LogP contribution < -0.4 is 16.4 Å². The Hall–Kier alpha value is -2.45. The van der Waals surface area contributed by atoms with E-state index in [1.807, 2.05) is 36.1 Å². The zero-order valence-electron chi connectivity index (χ0n) is 22.3. The van der Waals surface area contributed by atoms with E-state index in [2.05, 4.69) is 22.6 Å². The van der Waals surface area contributed by atoms with Crippen LogP contribution in [0.3, 0.4) is 0 Å². The molecule has 1 saturated carbocycles. The summed E-state index contributed by atoms with van der Waals surface area (Å²) < 4.78 is 0. The molecule has 1 aliphatic heterocycles. The quantitative estimate of drug-likeness (QED) is 0.452. The first-order chi connectivity index (χ1) is 17.3. The molecule has 1 saturated heterocycles. The Balaban J connectivity index is 1.60. The van der Waals surface area contributed by atoms with Gasteiger partial charge >= 0.3 is 0 Å². The van der Waals surface area contributed by atoms with Crippen LogP contribution in [0.4, 0.5) is 0 Å². The van der Waals surface area contributed by atoms with E-state index in [-0.39, 0.29) is 29.6 Å². The van der Waals surface area contributed by atoms with Crippen LogP contribution in [-0.2, 0) is 20.9 Å². The van der Waals surface area contributed by atoms with E-state index in [1.54, 1.807) is 6.92 Å². The maximum Gasteiger partial charge on any atom is 0.245 e. The summed E-state index contributed by atoms with van der Waals surface area (Å²) in [5, 5.41) is 5.96. The number of nitrogens with one attached hydrogen (secondary N) is 2. The first-order valence-corrected chi connectivity index (χ1v) is 13.7. The summed E-state index contributed by atoms with van der Waals surface area (Å²) in [5.74, 6) is -0.150. The van der Waals surface area contributed by atoms with Crippen LogP contribution in [0.2, 0.25) is 0 Å². The molecule has 36 heavy (non-hydrogen) atoms. The number of likely N-dealkylation sites (N-methyl/N-ethyl adjacent to an activating group) is 1. The molecule has 1 unspecified atom stereocenters. The van der Waals surface area contributed by atoms with Gasteiger partial charge in [-0.25, -0.2) is 0 Å². The van der Waals surface area contributed by atoms with E-state index in [0.29, 0.717) is 26.1 Å². The molecule has 200 valence electrons.